The minimum Gasteiger partial charge on any atom is -0.295 e. The third-order valence-corrected chi connectivity index (χ3v) is 1.46. The molecule has 2 nitrogen and oxygen atoms in total. The number of rotatable bonds is 4. The lowest BCUT2D eigenvalue weighted by atomic mass is 10.4. The monoisotopic (exact) mass is 185 g/mol. The molecule has 68 valence electrons. The number of amides is 1. The highest BCUT2D eigenvalue weighted by atomic mass is 32.1. The lowest BCUT2D eigenvalue weighted by Crippen LogP contribution is -2.19. The summed E-state index contributed by atoms with van der Waals surface area (Å²) in [5.41, 5.74) is 0. The molecule has 0 aromatic carbocycles. The van der Waals surface area contributed by atoms with E-state index in [2.05, 4.69) is 12.6 Å². The van der Waals surface area contributed by atoms with Gasteiger partial charge in [-0.05, 0) is 19.6 Å². The molecule has 0 radical (unpaired) electrons. The van der Waals surface area contributed by atoms with E-state index in [4.69, 9.17) is 0 Å². The molecule has 0 aliphatic heterocycles. The highest BCUT2D eigenvalue weighted by Crippen LogP contribution is 1.98. The standard InChI is InChI=1S/C9H15NOS/c1-3-6-10(7-4-2)9(11)5-8-12/h3-4,6-7,12H,5,8H2,1-2H3. The Morgan fingerprint density at radius 3 is 2.17 bits per heavy atom. The maximum atomic E-state index is 11.3. The molecule has 1 amide bonds. The van der Waals surface area contributed by atoms with Crippen LogP contribution in [-0.4, -0.2) is 16.6 Å². The lowest BCUT2D eigenvalue weighted by Gasteiger charge is -2.11. The zero-order valence-corrected chi connectivity index (χ0v) is 8.42. The third kappa shape index (κ3) is 4.23. The summed E-state index contributed by atoms with van der Waals surface area (Å²) in [6.45, 7) is 3.76. The molecule has 0 saturated carbocycles. The first-order valence-corrected chi connectivity index (χ1v) is 4.57. The topological polar surface area (TPSA) is 20.3 Å². The Kier molecular flexibility index (Phi) is 6.57. The average molecular weight is 185 g/mol. The van der Waals surface area contributed by atoms with Gasteiger partial charge in [0, 0.05) is 18.8 Å². The van der Waals surface area contributed by atoms with Crippen molar-refractivity contribution in [1.29, 1.82) is 0 Å². The number of hydrogen-bond donors (Lipinski definition) is 1. The molecule has 0 aliphatic carbocycles. The summed E-state index contributed by atoms with van der Waals surface area (Å²) in [5, 5.41) is 0. The summed E-state index contributed by atoms with van der Waals surface area (Å²) in [7, 11) is 0. The van der Waals surface area contributed by atoms with Gasteiger partial charge in [-0.3, -0.25) is 9.69 Å². The van der Waals surface area contributed by atoms with Gasteiger partial charge in [0.05, 0.1) is 0 Å². The molecule has 0 fully saturated rings. The van der Waals surface area contributed by atoms with Gasteiger partial charge in [-0.1, -0.05) is 12.2 Å². The van der Waals surface area contributed by atoms with Crippen molar-refractivity contribution in [1.82, 2.24) is 4.90 Å². The van der Waals surface area contributed by atoms with Crippen molar-refractivity contribution in [2.75, 3.05) is 5.75 Å². The predicted molar refractivity (Wildman–Crippen MR) is 54.9 cm³/mol. The maximum absolute atomic E-state index is 11.3. The Morgan fingerprint density at radius 2 is 1.83 bits per heavy atom. The quantitative estimate of drug-likeness (QED) is 0.666. The summed E-state index contributed by atoms with van der Waals surface area (Å²) >= 11 is 4.00. The molecule has 0 bridgehead atoms. The first-order valence-electron chi connectivity index (χ1n) is 3.94. The molecule has 0 unspecified atom stereocenters. The molecule has 0 N–H and O–H groups in total. The summed E-state index contributed by atoms with van der Waals surface area (Å²) in [6.07, 6.45) is 7.61. The smallest absolute Gasteiger partial charge is 0.231 e. The van der Waals surface area contributed by atoms with Gasteiger partial charge in [0.1, 0.15) is 0 Å². The van der Waals surface area contributed by atoms with E-state index in [0.717, 1.165) is 0 Å². The van der Waals surface area contributed by atoms with Crippen molar-refractivity contribution >= 4 is 18.5 Å². The molecule has 12 heavy (non-hydrogen) atoms. The minimum atomic E-state index is 0.0706. The highest BCUT2D eigenvalue weighted by Gasteiger charge is 2.04. The maximum Gasteiger partial charge on any atom is 0.231 e. The zero-order chi connectivity index (χ0) is 9.40. The van der Waals surface area contributed by atoms with E-state index in [0.29, 0.717) is 12.2 Å². The molecule has 0 atom stereocenters. The third-order valence-electron chi connectivity index (χ3n) is 1.23. The number of hydrogen-bond acceptors (Lipinski definition) is 2. The summed E-state index contributed by atoms with van der Waals surface area (Å²) in [6, 6.07) is 0. The second kappa shape index (κ2) is 6.98. The summed E-state index contributed by atoms with van der Waals surface area (Å²) in [4.78, 5) is 12.9. The number of carbonyl (C=O) groups is 1. The minimum absolute atomic E-state index is 0.0706. The van der Waals surface area contributed by atoms with Crippen LogP contribution < -0.4 is 0 Å². The van der Waals surface area contributed by atoms with Crippen LogP contribution in [0.15, 0.2) is 24.6 Å². The molecule has 0 aromatic rings. The first kappa shape index (κ1) is 11.3. The summed E-state index contributed by atoms with van der Waals surface area (Å²) < 4.78 is 0. The van der Waals surface area contributed by atoms with Gasteiger partial charge in [0.15, 0.2) is 0 Å². The van der Waals surface area contributed by atoms with Crippen LogP contribution >= 0.6 is 12.6 Å². The SMILES string of the molecule is CC=CN(C=CC)C(=O)CCS. The van der Waals surface area contributed by atoms with Crippen molar-refractivity contribution in [3.8, 4) is 0 Å². The molecule has 0 spiro atoms. The van der Waals surface area contributed by atoms with Crippen LogP contribution in [0.1, 0.15) is 20.3 Å². The van der Waals surface area contributed by atoms with Crippen molar-refractivity contribution in [2.24, 2.45) is 0 Å². The Bertz CT molecular complexity index is 175. The Hall–Kier alpha value is -0.700. The normalized spacial score (nSPS) is 11.2. The molecule has 0 saturated heterocycles. The van der Waals surface area contributed by atoms with E-state index in [1.807, 2.05) is 26.0 Å². The van der Waals surface area contributed by atoms with E-state index in [1.54, 1.807) is 17.3 Å². The number of nitrogens with zero attached hydrogens (tertiary/aromatic N) is 1. The fraction of sp³-hybridized carbons (Fsp3) is 0.444. The largest absolute Gasteiger partial charge is 0.295 e. The molecule has 3 heteroatoms. The Morgan fingerprint density at radius 1 is 1.33 bits per heavy atom. The fourth-order valence-corrected chi connectivity index (χ4v) is 0.953. The molecule has 0 aromatic heterocycles. The molecule has 0 rings (SSSR count). The van der Waals surface area contributed by atoms with Crippen LogP contribution in [0.5, 0.6) is 0 Å². The number of allylic oxidation sites excluding steroid dienone is 2. The first-order chi connectivity index (χ1) is 5.76. The van der Waals surface area contributed by atoms with Gasteiger partial charge in [0.25, 0.3) is 0 Å². The Labute approximate surface area is 79.4 Å². The van der Waals surface area contributed by atoms with E-state index >= 15 is 0 Å². The highest BCUT2D eigenvalue weighted by molar-refractivity contribution is 7.80. The molecule has 0 heterocycles. The predicted octanol–water partition coefficient (Wildman–Crippen LogP) is 2.20. The number of carbonyl (C=O) groups excluding carboxylic acids is 1. The van der Waals surface area contributed by atoms with E-state index in [-0.39, 0.29) is 5.91 Å². The van der Waals surface area contributed by atoms with E-state index in [9.17, 15) is 4.79 Å². The van der Waals surface area contributed by atoms with Crippen molar-refractivity contribution in [2.45, 2.75) is 20.3 Å². The van der Waals surface area contributed by atoms with E-state index < -0.39 is 0 Å². The molecule has 0 aliphatic rings. The lowest BCUT2D eigenvalue weighted by molar-refractivity contribution is -0.126. The van der Waals surface area contributed by atoms with Crippen molar-refractivity contribution in [3.05, 3.63) is 24.6 Å². The van der Waals surface area contributed by atoms with Gasteiger partial charge < -0.3 is 0 Å². The second-order valence-corrected chi connectivity index (χ2v) is 2.69. The van der Waals surface area contributed by atoms with Crippen molar-refractivity contribution in [3.63, 3.8) is 0 Å². The second-order valence-electron chi connectivity index (χ2n) is 2.24. The van der Waals surface area contributed by atoms with Crippen LogP contribution in [-0.2, 0) is 4.79 Å². The van der Waals surface area contributed by atoms with Gasteiger partial charge in [-0.15, -0.1) is 0 Å². The van der Waals surface area contributed by atoms with Crippen LogP contribution in [0.3, 0.4) is 0 Å². The van der Waals surface area contributed by atoms with Gasteiger partial charge in [-0.2, -0.15) is 12.6 Å². The summed E-state index contributed by atoms with van der Waals surface area (Å²) in [5.74, 6) is 0.658. The Balaban J connectivity index is 4.18. The molecular weight excluding hydrogens is 170 g/mol. The van der Waals surface area contributed by atoms with E-state index in [1.165, 1.54) is 0 Å². The van der Waals surface area contributed by atoms with Gasteiger partial charge in [0.2, 0.25) is 5.91 Å². The molecular formula is C9H15NOS. The fourth-order valence-electron chi connectivity index (χ4n) is 0.762. The van der Waals surface area contributed by atoms with Crippen molar-refractivity contribution < 1.29 is 4.79 Å². The zero-order valence-electron chi connectivity index (χ0n) is 7.53. The van der Waals surface area contributed by atoms with Crippen LogP contribution in [0.4, 0.5) is 0 Å². The van der Waals surface area contributed by atoms with Crippen LogP contribution in [0.2, 0.25) is 0 Å². The van der Waals surface area contributed by atoms with Crippen LogP contribution in [0, 0.1) is 0 Å². The van der Waals surface area contributed by atoms with Gasteiger partial charge in [-0.25, -0.2) is 0 Å². The van der Waals surface area contributed by atoms with Crippen LogP contribution in [0.25, 0.3) is 0 Å². The average Bonchev–Trinajstić information content (AvgIpc) is 2.04. The van der Waals surface area contributed by atoms with Gasteiger partial charge >= 0.3 is 0 Å². The number of thiol groups is 1.